The fraction of sp³-hybridized carbons (Fsp3) is 0.231. The standard InChI is InChI=1S/C26H26FN3O3S/c1-17-4-3-5-18(14-17)24-22-11-6-19(25(31)28-26(2)12-13-34(32,33)16-26)15-23(22)30(29-24)21-9-7-20(27)8-10-21/h3-11,14-15,32-33H,12-13,16H2,1-2H3,(H,28,31). The molecule has 3 N–H and O–H groups in total. The quantitative estimate of drug-likeness (QED) is 0.346. The molecule has 34 heavy (non-hydrogen) atoms. The number of halogens is 1. The Hall–Kier alpha value is -3.20. The van der Waals surface area contributed by atoms with E-state index >= 15 is 0 Å². The van der Waals surface area contributed by atoms with E-state index in [1.54, 1.807) is 28.9 Å². The fourth-order valence-electron chi connectivity index (χ4n) is 4.53. The third-order valence-corrected chi connectivity index (χ3v) is 8.21. The smallest absolute Gasteiger partial charge is 0.251 e. The van der Waals surface area contributed by atoms with Crippen LogP contribution in [0.3, 0.4) is 0 Å². The SMILES string of the molecule is Cc1cccc(-c2nn(-c3ccc(F)cc3)c3cc(C(=O)NC4(C)CCS(O)(O)C4)ccc23)c1. The summed E-state index contributed by atoms with van der Waals surface area (Å²) in [7, 11) is -2.65. The summed E-state index contributed by atoms with van der Waals surface area (Å²) in [5.74, 6) is -0.181. The minimum Gasteiger partial charge on any atom is -0.345 e. The zero-order chi connectivity index (χ0) is 24.1. The van der Waals surface area contributed by atoms with Crippen LogP contribution < -0.4 is 5.32 Å². The number of fused-ring (bicyclic) bond motifs is 1. The number of aryl methyl sites for hydroxylation is 1. The highest BCUT2D eigenvalue weighted by atomic mass is 32.3. The van der Waals surface area contributed by atoms with Crippen LogP contribution in [0.4, 0.5) is 4.39 Å². The molecular formula is C26H26FN3O3S. The van der Waals surface area contributed by atoms with E-state index in [0.29, 0.717) is 23.4 Å². The molecule has 1 amide bonds. The summed E-state index contributed by atoms with van der Waals surface area (Å²) in [6, 6.07) is 19.5. The van der Waals surface area contributed by atoms with Gasteiger partial charge in [-0.05, 0) is 68.8 Å². The van der Waals surface area contributed by atoms with Gasteiger partial charge in [-0.2, -0.15) is 15.7 Å². The Kier molecular flexibility index (Phi) is 5.47. The van der Waals surface area contributed by atoms with E-state index in [-0.39, 0.29) is 17.5 Å². The lowest BCUT2D eigenvalue weighted by Gasteiger charge is -2.30. The highest BCUT2D eigenvalue weighted by molar-refractivity contribution is 8.24. The van der Waals surface area contributed by atoms with Gasteiger partial charge in [0, 0.05) is 22.3 Å². The molecule has 0 spiro atoms. The summed E-state index contributed by atoms with van der Waals surface area (Å²) >= 11 is 0. The molecular weight excluding hydrogens is 453 g/mol. The first-order valence-corrected chi connectivity index (χ1v) is 12.9. The van der Waals surface area contributed by atoms with Crippen LogP contribution in [0, 0.1) is 12.7 Å². The van der Waals surface area contributed by atoms with Gasteiger partial charge in [-0.3, -0.25) is 13.9 Å². The van der Waals surface area contributed by atoms with Gasteiger partial charge < -0.3 is 5.32 Å². The molecule has 0 radical (unpaired) electrons. The first-order valence-electron chi connectivity index (χ1n) is 11.0. The van der Waals surface area contributed by atoms with Crippen LogP contribution in [0.2, 0.25) is 0 Å². The minimum atomic E-state index is -2.65. The van der Waals surface area contributed by atoms with Crippen LogP contribution >= 0.6 is 10.6 Å². The molecule has 0 saturated carbocycles. The summed E-state index contributed by atoms with van der Waals surface area (Å²) in [5, 5.41) is 8.69. The maximum Gasteiger partial charge on any atom is 0.251 e. The van der Waals surface area contributed by atoms with Gasteiger partial charge in [0.1, 0.15) is 11.5 Å². The normalized spacial score (nSPS) is 20.4. The number of amides is 1. The van der Waals surface area contributed by atoms with E-state index in [1.807, 2.05) is 38.1 Å². The second kappa shape index (κ2) is 8.23. The average Bonchev–Trinajstić information content (AvgIpc) is 3.30. The predicted octanol–water partition coefficient (Wildman–Crippen LogP) is 5.78. The molecule has 4 aromatic rings. The van der Waals surface area contributed by atoms with Gasteiger partial charge in [0.15, 0.2) is 0 Å². The Bertz CT molecular complexity index is 1400. The molecule has 1 aliphatic heterocycles. The van der Waals surface area contributed by atoms with Crippen LogP contribution in [0.25, 0.3) is 27.8 Å². The van der Waals surface area contributed by atoms with E-state index < -0.39 is 16.1 Å². The number of aromatic nitrogens is 2. The molecule has 1 fully saturated rings. The zero-order valence-electron chi connectivity index (χ0n) is 19.0. The Morgan fingerprint density at radius 1 is 1.12 bits per heavy atom. The lowest BCUT2D eigenvalue weighted by Crippen LogP contribution is -2.46. The van der Waals surface area contributed by atoms with Gasteiger partial charge in [-0.25, -0.2) is 9.07 Å². The summed E-state index contributed by atoms with van der Waals surface area (Å²) in [6.45, 7) is 3.85. The second-order valence-corrected chi connectivity index (χ2v) is 11.6. The predicted molar refractivity (Wildman–Crippen MR) is 134 cm³/mol. The van der Waals surface area contributed by atoms with E-state index in [1.165, 1.54) is 12.1 Å². The molecule has 2 heterocycles. The van der Waals surface area contributed by atoms with Gasteiger partial charge in [0.25, 0.3) is 5.91 Å². The zero-order valence-corrected chi connectivity index (χ0v) is 19.8. The van der Waals surface area contributed by atoms with Gasteiger partial charge in [0.05, 0.1) is 22.5 Å². The summed E-state index contributed by atoms with van der Waals surface area (Å²) in [5.41, 5.74) is 3.99. The maximum absolute atomic E-state index is 13.6. The number of hydrogen-bond acceptors (Lipinski definition) is 4. The molecule has 3 aromatic carbocycles. The lowest BCUT2D eigenvalue weighted by atomic mass is 10.0. The third-order valence-electron chi connectivity index (χ3n) is 6.25. The molecule has 0 bridgehead atoms. The van der Waals surface area contributed by atoms with Crippen molar-refractivity contribution in [2.45, 2.75) is 25.8 Å². The number of carbonyl (C=O) groups excluding carboxylic acids is 1. The van der Waals surface area contributed by atoms with Crippen LogP contribution in [-0.4, -0.2) is 41.8 Å². The Morgan fingerprint density at radius 2 is 1.88 bits per heavy atom. The third kappa shape index (κ3) is 4.32. The summed E-state index contributed by atoms with van der Waals surface area (Å²) in [6.07, 6.45) is 0.508. The largest absolute Gasteiger partial charge is 0.345 e. The molecule has 176 valence electrons. The molecule has 1 saturated heterocycles. The van der Waals surface area contributed by atoms with Crippen LogP contribution in [0.5, 0.6) is 0 Å². The van der Waals surface area contributed by atoms with Crippen molar-refractivity contribution in [2.75, 3.05) is 11.5 Å². The van der Waals surface area contributed by atoms with E-state index in [0.717, 1.165) is 27.7 Å². The van der Waals surface area contributed by atoms with Gasteiger partial charge in [0.2, 0.25) is 0 Å². The highest BCUT2D eigenvalue weighted by Gasteiger charge is 2.39. The topological polar surface area (TPSA) is 87.4 Å². The number of benzene rings is 3. The number of nitrogens with one attached hydrogen (secondary N) is 1. The molecule has 5 rings (SSSR count). The molecule has 1 aliphatic rings. The molecule has 1 aromatic heterocycles. The Morgan fingerprint density at radius 3 is 2.56 bits per heavy atom. The number of rotatable bonds is 4. The number of nitrogens with zero attached hydrogens (tertiary/aromatic N) is 2. The Labute approximate surface area is 198 Å². The number of carbonyl (C=O) groups is 1. The molecule has 6 nitrogen and oxygen atoms in total. The van der Waals surface area contributed by atoms with Gasteiger partial charge in [-0.1, -0.05) is 23.8 Å². The van der Waals surface area contributed by atoms with Crippen molar-refractivity contribution in [1.82, 2.24) is 15.1 Å². The van der Waals surface area contributed by atoms with Gasteiger partial charge >= 0.3 is 0 Å². The minimum absolute atomic E-state index is 0.152. The molecule has 8 heteroatoms. The lowest BCUT2D eigenvalue weighted by molar-refractivity contribution is 0.0915. The highest BCUT2D eigenvalue weighted by Crippen LogP contribution is 2.50. The molecule has 1 unspecified atom stereocenters. The first kappa shape index (κ1) is 22.6. The van der Waals surface area contributed by atoms with Crippen molar-refractivity contribution in [2.24, 2.45) is 0 Å². The first-order chi connectivity index (χ1) is 16.1. The number of hydrogen-bond donors (Lipinski definition) is 3. The van der Waals surface area contributed by atoms with E-state index in [9.17, 15) is 18.3 Å². The van der Waals surface area contributed by atoms with Crippen LogP contribution in [-0.2, 0) is 0 Å². The maximum atomic E-state index is 13.6. The van der Waals surface area contributed by atoms with E-state index in [4.69, 9.17) is 5.10 Å². The van der Waals surface area contributed by atoms with Crippen molar-refractivity contribution < 1.29 is 18.3 Å². The summed E-state index contributed by atoms with van der Waals surface area (Å²) < 4.78 is 35.3. The van der Waals surface area contributed by atoms with Crippen molar-refractivity contribution in [3.63, 3.8) is 0 Å². The van der Waals surface area contributed by atoms with Crippen molar-refractivity contribution >= 4 is 27.4 Å². The van der Waals surface area contributed by atoms with Crippen molar-refractivity contribution in [1.29, 1.82) is 0 Å². The fourth-order valence-corrected chi connectivity index (χ4v) is 6.69. The van der Waals surface area contributed by atoms with Crippen LogP contribution in [0.1, 0.15) is 29.3 Å². The van der Waals surface area contributed by atoms with Crippen molar-refractivity contribution in [3.8, 4) is 16.9 Å². The van der Waals surface area contributed by atoms with Crippen LogP contribution in [0.15, 0.2) is 66.7 Å². The van der Waals surface area contributed by atoms with E-state index in [2.05, 4.69) is 11.4 Å². The summed E-state index contributed by atoms with van der Waals surface area (Å²) in [4.78, 5) is 13.1. The Balaban J connectivity index is 1.59. The monoisotopic (exact) mass is 479 g/mol. The van der Waals surface area contributed by atoms with Crippen molar-refractivity contribution in [3.05, 3.63) is 83.7 Å². The average molecular weight is 480 g/mol. The second-order valence-electron chi connectivity index (χ2n) is 9.25. The molecule has 1 atom stereocenters. The molecule has 0 aliphatic carbocycles. The van der Waals surface area contributed by atoms with Gasteiger partial charge in [-0.15, -0.1) is 0 Å².